The average molecular weight is 458 g/mol. The molecule has 0 aliphatic rings. The number of nitrogens with zero attached hydrogens (tertiary/aromatic N) is 1. The van der Waals surface area contributed by atoms with Gasteiger partial charge in [0.25, 0.3) is 0 Å². The summed E-state index contributed by atoms with van der Waals surface area (Å²) in [5.41, 5.74) is 5.04. The van der Waals surface area contributed by atoms with Crippen molar-refractivity contribution in [3.05, 3.63) is 127 Å². The molecule has 0 N–H and O–H groups in total. The van der Waals surface area contributed by atoms with E-state index in [2.05, 4.69) is 133 Å². The number of para-hydroxylation sites is 1. The van der Waals surface area contributed by atoms with Gasteiger partial charge < -0.3 is 4.57 Å². The topological polar surface area (TPSA) is 4.93 Å². The predicted molar refractivity (Wildman–Crippen MR) is 156 cm³/mol. The van der Waals surface area contributed by atoms with Gasteiger partial charge in [-0.15, -0.1) is 0 Å². The molecule has 7 aromatic carbocycles. The van der Waals surface area contributed by atoms with E-state index in [9.17, 15) is 0 Å². The maximum absolute atomic E-state index is 2.48. The average Bonchev–Trinajstić information content (AvgIpc) is 3.28. The lowest BCUT2D eigenvalue weighted by atomic mass is 9.91. The molecule has 1 nitrogen and oxygen atoms in total. The van der Waals surface area contributed by atoms with Crippen LogP contribution in [0.25, 0.3) is 70.6 Å². The summed E-state index contributed by atoms with van der Waals surface area (Å²) in [5, 5.41) is 13.1. The van der Waals surface area contributed by atoms with Crippen molar-refractivity contribution in [2.24, 2.45) is 0 Å². The number of rotatable bonds is 1. The second kappa shape index (κ2) is 7.19. The lowest BCUT2D eigenvalue weighted by molar-refractivity contribution is 1.19. The zero-order valence-corrected chi connectivity index (χ0v) is 20.0. The molecule has 0 fully saturated rings. The molecule has 0 aliphatic carbocycles. The second-order valence-corrected chi connectivity index (χ2v) is 9.81. The molecule has 0 spiro atoms. The molecule has 0 saturated heterocycles. The van der Waals surface area contributed by atoms with Crippen LogP contribution in [0.3, 0.4) is 0 Å². The molecule has 1 heterocycles. The van der Waals surface area contributed by atoms with E-state index in [1.165, 1.54) is 76.1 Å². The number of aryl methyl sites for hydroxylation is 1. The molecule has 36 heavy (non-hydrogen) atoms. The first-order chi connectivity index (χ1) is 17.8. The van der Waals surface area contributed by atoms with Crippen molar-refractivity contribution < 1.29 is 0 Å². The lowest BCUT2D eigenvalue weighted by Gasteiger charge is -2.15. The zero-order chi connectivity index (χ0) is 23.8. The van der Waals surface area contributed by atoms with Gasteiger partial charge in [-0.05, 0) is 63.0 Å². The molecule has 8 aromatic rings. The maximum Gasteiger partial charge on any atom is 0.0626 e. The van der Waals surface area contributed by atoms with Crippen LogP contribution in [0.15, 0.2) is 121 Å². The lowest BCUT2D eigenvalue weighted by Crippen LogP contribution is -1.95. The Morgan fingerprint density at radius 3 is 1.92 bits per heavy atom. The van der Waals surface area contributed by atoms with Gasteiger partial charge in [-0.3, -0.25) is 0 Å². The third-order valence-electron chi connectivity index (χ3n) is 7.84. The van der Waals surface area contributed by atoms with Crippen LogP contribution in [0.2, 0.25) is 0 Å². The summed E-state index contributed by atoms with van der Waals surface area (Å²) in [6.45, 7) is 2.24. The van der Waals surface area contributed by atoms with Gasteiger partial charge in [-0.25, -0.2) is 0 Å². The summed E-state index contributed by atoms with van der Waals surface area (Å²) in [7, 11) is 0. The smallest absolute Gasteiger partial charge is 0.0626 e. The fourth-order valence-electron chi connectivity index (χ4n) is 6.29. The van der Waals surface area contributed by atoms with E-state index in [0.29, 0.717) is 0 Å². The van der Waals surface area contributed by atoms with Crippen LogP contribution in [-0.4, -0.2) is 4.57 Å². The monoisotopic (exact) mass is 457 g/mol. The van der Waals surface area contributed by atoms with Crippen LogP contribution in [0, 0.1) is 6.92 Å². The van der Waals surface area contributed by atoms with Crippen molar-refractivity contribution in [3.63, 3.8) is 0 Å². The number of aromatic nitrogens is 1. The Balaban J connectivity index is 1.70. The summed E-state index contributed by atoms with van der Waals surface area (Å²) in [6, 6.07) is 44.5. The minimum atomic E-state index is 1.20. The molecule has 8 rings (SSSR count). The van der Waals surface area contributed by atoms with E-state index in [1.807, 2.05) is 0 Å². The molecule has 0 amide bonds. The number of hydrogen-bond acceptors (Lipinski definition) is 0. The standard InChI is InChI=1S/C35H23N/c1-22-20-31-27-13-5-7-15-29(27)35-34(33(31)28-14-6-4-12-26(22)28)30-16-8-9-17-32(30)36(35)25-19-18-23-10-2-3-11-24(23)21-25/h2-21H,1H3. The van der Waals surface area contributed by atoms with Gasteiger partial charge in [0.1, 0.15) is 0 Å². The molecule has 1 heteroatoms. The van der Waals surface area contributed by atoms with Gasteiger partial charge in [0.15, 0.2) is 0 Å². The highest BCUT2D eigenvalue weighted by atomic mass is 15.0. The Kier molecular flexibility index (Phi) is 3.93. The molecule has 1 aromatic heterocycles. The third kappa shape index (κ3) is 2.55. The van der Waals surface area contributed by atoms with E-state index in [4.69, 9.17) is 0 Å². The maximum atomic E-state index is 2.48. The fourth-order valence-corrected chi connectivity index (χ4v) is 6.29. The van der Waals surface area contributed by atoms with Crippen molar-refractivity contribution in [2.45, 2.75) is 6.92 Å². The Labute approximate surface area is 208 Å². The molecular formula is C35H23N. The second-order valence-electron chi connectivity index (χ2n) is 9.81. The van der Waals surface area contributed by atoms with Crippen LogP contribution in [0.4, 0.5) is 0 Å². The molecule has 0 radical (unpaired) electrons. The molecule has 168 valence electrons. The summed E-state index contributed by atoms with van der Waals surface area (Å²) < 4.78 is 2.48. The first-order valence-corrected chi connectivity index (χ1v) is 12.5. The first-order valence-electron chi connectivity index (χ1n) is 12.5. The van der Waals surface area contributed by atoms with E-state index >= 15 is 0 Å². The van der Waals surface area contributed by atoms with Crippen molar-refractivity contribution in [2.75, 3.05) is 0 Å². The van der Waals surface area contributed by atoms with E-state index < -0.39 is 0 Å². The van der Waals surface area contributed by atoms with Crippen LogP contribution in [0.5, 0.6) is 0 Å². The van der Waals surface area contributed by atoms with Gasteiger partial charge in [-0.2, -0.15) is 0 Å². The summed E-state index contributed by atoms with van der Waals surface area (Å²) >= 11 is 0. The summed E-state index contributed by atoms with van der Waals surface area (Å²) in [6.07, 6.45) is 0. The van der Waals surface area contributed by atoms with E-state index in [0.717, 1.165) is 0 Å². The Bertz CT molecular complexity index is 2160. The van der Waals surface area contributed by atoms with Crippen LogP contribution >= 0.6 is 0 Å². The highest BCUT2D eigenvalue weighted by Gasteiger charge is 2.20. The number of fused-ring (bicyclic) bond motifs is 11. The van der Waals surface area contributed by atoms with Gasteiger partial charge in [-0.1, -0.05) is 103 Å². The highest BCUT2D eigenvalue weighted by Crippen LogP contribution is 2.45. The van der Waals surface area contributed by atoms with Crippen molar-refractivity contribution in [1.82, 2.24) is 4.57 Å². The fraction of sp³-hybridized carbons (Fsp3) is 0.0286. The Morgan fingerprint density at radius 1 is 0.444 bits per heavy atom. The predicted octanol–water partition coefficient (Wildman–Crippen LogP) is 9.70. The zero-order valence-electron chi connectivity index (χ0n) is 20.0. The SMILES string of the molecule is Cc1cc2c3ccccc3c3c(c4ccccc4n3-c3ccc4ccccc4c3)c2c2ccccc12. The number of hydrogen-bond donors (Lipinski definition) is 0. The molecule has 0 aliphatic heterocycles. The normalized spacial score (nSPS) is 12.0. The highest BCUT2D eigenvalue weighted by molar-refractivity contribution is 6.37. The number of benzene rings is 7. The van der Waals surface area contributed by atoms with E-state index in [1.54, 1.807) is 0 Å². The van der Waals surface area contributed by atoms with Crippen LogP contribution < -0.4 is 0 Å². The Morgan fingerprint density at radius 2 is 1.08 bits per heavy atom. The van der Waals surface area contributed by atoms with Gasteiger partial charge in [0.2, 0.25) is 0 Å². The van der Waals surface area contributed by atoms with Crippen molar-refractivity contribution >= 4 is 64.9 Å². The molecule has 0 saturated carbocycles. The van der Waals surface area contributed by atoms with Gasteiger partial charge >= 0.3 is 0 Å². The van der Waals surface area contributed by atoms with Crippen molar-refractivity contribution in [1.29, 1.82) is 0 Å². The third-order valence-corrected chi connectivity index (χ3v) is 7.84. The van der Waals surface area contributed by atoms with Gasteiger partial charge in [0, 0.05) is 27.2 Å². The van der Waals surface area contributed by atoms with Crippen molar-refractivity contribution in [3.8, 4) is 5.69 Å². The Hall–Kier alpha value is -4.62. The molecule has 0 atom stereocenters. The first kappa shape index (κ1) is 19.7. The minimum Gasteiger partial charge on any atom is -0.309 e. The van der Waals surface area contributed by atoms with Crippen LogP contribution in [-0.2, 0) is 0 Å². The molecular weight excluding hydrogens is 434 g/mol. The van der Waals surface area contributed by atoms with Gasteiger partial charge in [0.05, 0.1) is 11.0 Å². The molecule has 0 unspecified atom stereocenters. The summed E-state index contributed by atoms with van der Waals surface area (Å²) in [5.74, 6) is 0. The van der Waals surface area contributed by atoms with E-state index in [-0.39, 0.29) is 0 Å². The quantitative estimate of drug-likeness (QED) is 0.216. The minimum absolute atomic E-state index is 1.20. The summed E-state index contributed by atoms with van der Waals surface area (Å²) in [4.78, 5) is 0. The molecule has 0 bridgehead atoms. The van der Waals surface area contributed by atoms with Crippen LogP contribution in [0.1, 0.15) is 5.56 Å². The largest absolute Gasteiger partial charge is 0.309 e.